The molecule has 3 aromatic rings. The number of hydrogen-bond acceptors (Lipinski definition) is 5. The van der Waals surface area contributed by atoms with Gasteiger partial charge in [0.1, 0.15) is 17.2 Å². The van der Waals surface area contributed by atoms with Crippen molar-refractivity contribution in [2.45, 2.75) is 13.0 Å². The van der Waals surface area contributed by atoms with E-state index in [1.54, 1.807) is 28.8 Å². The van der Waals surface area contributed by atoms with Crippen LogP contribution in [0.4, 0.5) is 0 Å². The summed E-state index contributed by atoms with van der Waals surface area (Å²) in [4.78, 5) is 25.6. The molecule has 2 aromatic carbocycles. The van der Waals surface area contributed by atoms with E-state index in [9.17, 15) is 14.7 Å². The fourth-order valence-corrected chi connectivity index (χ4v) is 3.51. The summed E-state index contributed by atoms with van der Waals surface area (Å²) < 4.78 is 12.5. The standard InChI is InChI=1S/C20H17NO5/c1-25-16-10-17(26-2)18-15(23)7-8-21-19(18)14(16)9-13(20(21)24)11-3-5-12(22)6-4-11/h3-6,9-10,22H,7-8H2,1-2H3. The van der Waals surface area contributed by atoms with Gasteiger partial charge in [-0.1, -0.05) is 12.1 Å². The Balaban J connectivity index is 2.14. The average Bonchev–Trinajstić information content (AvgIpc) is 2.66. The van der Waals surface area contributed by atoms with Crippen molar-refractivity contribution in [2.24, 2.45) is 0 Å². The van der Waals surface area contributed by atoms with E-state index in [4.69, 9.17) is 9.47 Å². The molecule has 26 heavy (non-hydrogen) atoms. The molecule has 0 saturated heterocycles. The van der Waals surface area contributed by atoms with E-state index < -0.39 is 0 Å². The van der Waals surface area contributed by atoms with Gasteiger partial charge in [-0.3, -0.25) is 9.59 Å². The van der Waals surface area contributed by atoms with Gasteiger partial charge < -0.3 is 19.1 Å². The van der Waals surface area contributed by atoms with Crippen LogP contribution in [0.1, 0.15) is 16.8 Å². The Kier molecular flexibility index (Phi) is 3.68. The molecule has 1 aromatic heterocycles. The first-order chi connectivity index (χ1) is 12.5. The molecule has 4 rings (SSSR count). The topological polar surface area (TPSA) is 77.8 Å². The van der Waals surface area contributed by atoms with Gasteiger partial charge in [-0.15, -0.1) is 0 Å². The number of carbonyl (C=O) groups excluding carboxylic acids is 1. The van der Waals surface area contributed by atoms with E-state index in [1.807, 2.05) is 0 Å². The predicted molar refractivity (Wildman–Crippen MR) is 97.4 cm³/mol. The summed E-state index contributed by atoms with van der Waals surface area (Å²) >= 11 is 0. The number of methoxy groups -OCH3 is 2. The van der Waals surface area contributed by atoms with Crippen LogP contribution in [-0.4, -0.2) is 29.7 Å². The van der Waals surface area contributed by atoms with Crippen LogP contribution in [-0.2, 0) is 6.54 Å². The Bertz CT molecular complexity index is 1100. The van der Waals surface area contributed by atoms with Gasteiger partial charge in [0.25, 0.3) is 5.56 Å². The third-order valence-corrected chi connectivity index (χ3v) is 4.76. The van der Waals surface area contributed by atoms with Gasteiger partial charge in [-0.2, -0.15) is 0 Å². The van der Waals surface area contributed by atoms with E-state index in [0.717, 1.165) is 0 Å². The van der Waals surface area contributed by atoms with Crippen molar-refractivity contribution in [1.82, 2.24) is 4.57 Å². The van der Waals surface area contributed by atoms with Gasteiger partial charge in [-0.25, -0.2) is 0 Å². The van der Waals surface area contributed by atoms with E-state index in [1.165, 1.54) is 26.4 Å². The number of hydrogen-bond donors (Lipinski definition) is 1. The maximum atomic E-state index is 13.1. The summed E-state index contributed by atoms with van der Waals surface area (Å²) in [7, 11) is 3.03. The summed E-state index contributed by atoms with van der Waals surface area (Å²) in [5.41, 5.74) is 1.96. The number of Topliss-reactive ketones (excluding diaryl/α,β-unsaturated/α-hetero) is 1. The predicted octanol–water partition coefficient (Wildman–Crippen LogP) is 2.98. The molecule has 0 unspecified atom stereocenters. The molecule has 0 spiro atoms. The fourth-order valence-electron chi connectivity index (χ4n) is 3.51. The van der Waals surface area contributed by atoms with Gasteiger partial charge in [0, 0.05) is 30.0 Å². The molecule has 132 valence electrons. The van der Waals surface area contributed by atoms with Gasteiger partial charge >= 0.3 is 0 Å². The Hall–Kier alpha value is -3.28. The zero-order valence-electron chi connectivity index (χ0n) is 14.4. The second kappa shape index (κ2) is 5.91. The fraction of sp³-hybridized carbons (Fsp3) is 0.200. The summed E-state index contributed by atoms with van der Waals surface area (Å²) in [6.07, 6.45) is 0.240. The second-order valence-electron chi connectivity index (χ2n) is 6.15. The summed E-state index contributed by atoms with van der Waals surface area (Å²) in [6.45, 7) is 0.309. The van der Waals surface area contributed by atoms with Crippen molar-refractivity contribution < 1.29 is 19.4 Å². The lowest BCUT2D eigenvalue weighted by molar-refractivity contribution is 0.0969. The van der Waals surface area contributed by atoms with Crippen molar-refractivity contribution in [2.75, 3.05) is 14.2 Å². The Labute approximate surface area is 149 Å². The molecular formula is C20H17NO5. The van der Waals surface area contributed by atoms with Crippen molar-refractivity contribution >= 4 is 16.7 Å². The monoisotopic (exact) mass is 351 g/mol. The minimum Gasteiger partial charge on any atom is -0.508 e. The minimum absolute atomic E-state index is 0.0497. The summed E-state index contributed by atoms with van der Waals surface area (Å²) in [5.74, 6) is 1.02. The molecule has 0 saturated carbocycles. The van der Waals surface area contributed by atoms with E-state index >= 15 is 0 Å². The molecule has 1 aliphatic heterocycles. The molecule has 2 heterocycles. The van der Waals surface area contributed by atoms with Gasteiger partial charge in [-0.05, 0) is 23.8 Å². The third kappa shape index (κ3) is 2.26. The number of aryl methyl sites for hydroxylation is 1. The van der Waals surface area contributed by atoms with Crippen LogP contribution in [0.3, 0.4) is 0 Å². The van der Waals surface area contributed by atoms with Gasteiger partial charge in [0.15, 0.2) is 5.78 Å². The zero-order valence-corrected chi connectivity index (χ0v) is 14.4. The molecule has 1 N–H and O–H groups in total. The van der Waals surface area contributed by atoms with Crippen LogP contribution in [0.25, 0.3) is 22.0 Å². The van der Waals surface area contributed by atoms with Crippen molar-refractivity contribution in [3.63, 3.8) is 0 Å². The van der Waals surface area contributed by atoms with Crippen LogP contribution >= 0.6 is 0 Å². The minimum atomic E-state index is -0.188. The van der Waals surface area contributed by atoms with Crippen LogP contribution in [0.15, 0.2) is 41.2 Å². The maximum absolute atomic E-state index is 13.1. The Morgan fingerprint density at radius 1 is 1.00 bits per heavy atom. The van der Waals surface area contributed by atoms with E-state index in [0.29, 0.717) is 45.6 Å². The van der Waals surface area contributed by atoms with Crippen molar-refractivity contribution in [3.05, 3.63) is 52.3 Å². The first-order valence-corrected chi connectivity index (χ1v) is 8.20. The molecule has 0 amide bonds. The highest BCUT2D eigenvalue weighted by Crippen LogP contribution is 2.39. The molecule has 6 heteroatoms. The van der Waals surface area contributed by atoms with Crippen molar-refractivity contribution in [3.8, 4) is 28.4 Å². The van der Waals surface area contributed by atoms with Crippen molar-refractivity contribution in [1.29, 1.82) is 0 Å². The number of nitrogens with zero attached hydrogens (tertiary/aromatic N) is 1. The largest absolute Gasteiger partial charge is 0.508 e. The number of aromatic nitrogens is 1. The van der Waals surface area contributed by atoms with Crippen LogP contribution < -0.4 is 15.0 Å². The highest BCUT2D eigenvalue weighted by molar-refractivity contribution is 6.12. The summed E-state index contributed by atoms with van der Waals surface area (Å²) in [5, 5.41) is 10.2. The lowest BCUT2D eigenvalue weighted by atomic mass is 9.95. The van der Waals surface area contributed by atoms with Gasteiger partial charge in [0.2, 0.25) is 0 Å². The first kappa shape index (κ1) is 16.2. The number of pyridine rings is 1. The zero-order chi connectivity index (χ0) is 18.4. The molecule has 1 aliphatic rings. The average molecular weight is 351 g/mol. The smallest absolute Gasteiger partial charge is 0.258 e. The number of phenolic OH excluding ortho intramolecular Hbond substituents is 1. The lowest BCUT2D eigenvalue weighted by Crippen LogP contribution is -2.28. The quantitative estimate of drug-likeness (QED) is 0.785. The SMILES string of the molecule is COc1cc(OC)c2cc(-c3ccc(O)cc3)c(=O)n3c2c1C(=O)CC3. The molecule has 0 aliphatic carbocycles. The highest BCUT2D eigenvalue weighted by Gasteiger charge is 2.27. The van der Waals surface area contributed by atoms with Crippen LogP contribution in [0, 0.1) is 0 Å². The Morgan fingerprint density at radius 2 is 1.69 bits per heavy atom. The van der Waals surface area contributed by atoms with E-state index in [2.05, 4.69) is 0 Å². The molecule has 0 atom stereocenters. The van der Waals surface area contributed by atoms with Gasteiger partial charge in [0.05, 0.1) is 25.3 Å². The van der Waals surface area contributed by atoms with Crippen LogP contribution in [0.2, 0.25) is 0 Å². The number of ether oxygens (including phenoxy) is 2. The molecule has 0 radical (unpaired) electrons. The third-order valence-electron chi connectivity index (χ3n) is 4.76. The number of phenols is 1. The number of ketones is 1. The van der Waals surface area contributed by atoms with E-state index in [-0.39, 0.29) is 23.5 Å². The molecule has 6 nitrogen and oxygen atoms in total. The second-order valence-corrected chi connectivity index (χ2v) is 6.15. The molecule has 0 fully saturated rings. The normalized spacial score (nSPS) is 13.1. The maximum Gasteiger partial charge on any atom is 0.258 e. The number of aromatic hydroxyl groups is 1. The molecule has 0 bridgehead atoms. The summed E-state index contributed by atoms with van der Waals surface area (Å²) in [6, 6.07) is 9.87. The highest BCUT2D eigenvalue weighted by atomic mass is 16.5. The lowest BCUT2D eigenvalue weighted by Gasteiger charge is -2.23. The number of benzene rings is 2. The van der Waals surface area contributed by atoms with Crippen LogP contribution in [0.5, 0.6) is 17.2 Å². The Morgan fingerprint density at radius 3 is 2.35 bits per heavy atom. The first-order valence-electron chi connectivity index (χ1n) is 8.20. The molecular weight excluding hydrogens is 334 g/mol. The number of carbonyl (C=O) groups is 1. The number of rotatable bonds is 3.